The van der Waals surface area contributed by atoms with Gasteiger partial charge in [-0.15, -0.1) is 0 Å². The molecule has 2 aliphatic rings. The molecule has 1 amide bonds. The number of amides is 1. The number of nitrogens with zero attached hydrogens (tertiary/aromatic N) is 3. The first-order valence-electron chi connectivity index (χ1n) is 10.1. The van der Waals surface area contributed by atoms with Crippen molar-refractivity contribution in [3.8, 4) is 5.75 Å². The predicted molar refractivity (Wildman–Crippen MR) is 110 cm³/mol. The van der Waals surface area contributed by atoms with Gasteiger partial charge in [0.2, 0.25) is 5.91 Å². The summed E-state index contributed by atoms with van der Waals surface area (Å²) in [5.41, 5.74) is 1.07. The number of hydrogen-bond acceptors (Lipinski definition) is 6. The van der Waals surface area contributed by atoms with Crippen molar-refractivity contribution < 1.29 is 18.3 Å². The molecule has 0 saturated carbocycles. The molecule has 0 unspecified atom stereocenters. The molecule has 0 aromatic heterocycles. The zero-order chi connectivity index (χ0) is 20.1. The fraction of sp³-hybridized carbons (Fsp3) is 0.650. The molecule has 0 bridgehead atoms. The van der Waals surface area contributed by atoms with E-state index in [1.807, 2.05) is 17.0 Å². The number of unbranched alkanes of at least 4 members (excludes halogenated alkanes) is 1. The summed E-state index contributed by atoms with van der Waals surface area (Å²) in [4.78, 5) is 19.2. The number of sulfone groups is 1. The van der Waals surface area contributed by atoms with E-state index >= 15 is 0 Å². The second-order valence-corrected chi connectivity index (χ2v) is 10.0. The Hall–Kier alpha value is -1.80. The quantitative estimate of drug-likeness (QED) is 0.732. The van der Waals surface area contributed by atoms with Gasteiger partial charge < -0.3 is 14.9 Å². The maximum atomic E-state index is 13.0. The van der Waals surface area contributed by atoms with Crippen molar-refractivity contribution >= 4 is 21.4 Å². The van der Waals surface area contributed by atoms with Gasteiger partial charge in [-0.3, -0.25) is 9.69 Å². The summed E-state index contributed by atoms with van der Waals surface area (Å²) < 4.78 is 23.7. The first-order chi connectivity index (χ1) is 13.4. The third-order valence-electron chi connectivity index (χ3n) is 5.67. The van der Waals surface area contributed by atoms with E-state index in [4.69, 9.17) is 0 Å². The molecule has 1 aromatic rings. The number of anilines is 1. The van der Waals surface area contributed by atoms with Crippen LogP contribution in [0.5, 0.6) is 5.75 Å². The monoisotopic (exact) mass is 409 g/mol. The van der Waals surface area contributed by atoms with Crippen LogP contribution in [0.15, 0.2) is 24.3 Å². The third-order valence-corrected chi connectivity index (χ3v) is 7.42. The first-order valence-corrected chi connectivity index (χ1v) is 12.0. The Kier molecular flexibility index (Phi) is 6.82. The summed E-state index contributed by atoms with van der Waals surface area (Å²) in [6.45, 7) is 6.30. The number of rotatable bonds is 7. The van der Waals surface area contributed by atoms with Gasteiger partial charge in [0.25, 0.3) is 0 Å². The Balaban J connectivity index is 1.54. The highest BCUT2D eigenvalue weighted by atomic mass is 32.2. The molecule has 2 aliphatic heterocycles. The van der Waals surface area contributed by atoms with Crippen molar-refractivity contribution in [3.05, 3.63) is 24.3 Å². The Bertz CT molecular complexity index is 758. The lowest BCUT2D eigenvalue weighted by molar-refractivity contribution is -0.134. The van der Waals surface area contributed by atoms with E-state index in [0.717, 1.165) is 44.7 Å². The van der Waals surface area contributed by atoms with Gasteiger partial charge >= 0.3 is 0 Å². The van der Waals surface area contributed by atoms with Gasteiger partial charge in [0.05, 0.1) is 18.1 Å². The summed E-state index contributed by atoms with van der Waals surface area (Å²) in [5.74, 6) is 0.610. The highest BCUT2D eigenvalue weighted by molar-refractivity contribution is 7.91. The minimum absolute atomic E-state index is 0.0497. The smallest absolute Gasteiger partial charge is 0.237 e. The van der Waals surface area contributed by atoms with Crippen molar-refractivity contribution in [2.75, 3.05) is 55.7 Å². The summed E-state index contributed by atoms with van der Waals surface area (Å²) in [6, 6.07) is 7.02. The molecule has 3 rings (SSSR count). The van der Waals surface area contributed by atoms with Crippen LogP contribution in [0.3, 0.4) is 0 Å². The van der Waals surface area contributed by atoms with Crippen LogP contribution in [0, 0.1) is 0 Å². The van der Waals surface area contributed by atoms with Gasteiger partial charge in [0.15, 0.2) is 9.84 Å². The maximum absolute atomic E-state index is 13.0. The molecular weight excluding hydrogens is 378 g/mol. The molecule has 156 valence electrons. The summed E-state index contributed by atoms with van der Waals surface area (Å²) in [5, 5.41) is 9.43. The summed E-state index contributed by atoms with van der Waals surface area (Å²) in [6.07, 6.45) is 2.44. The molecule has 2 heterocycles. The van der Waals surface area contributed by atoms with E-state index in [1.165, 1.54) is 0 Å². The predicted octanol–water partition coefficient (Wildman–Crippen LogP) is 1.33. The summed E-state index contributed by atoms with van der Waals surface area (Å²) in [7, 11) is -3.01. The number of aromatic hydroxyl groups is 1. The lowest BCUT2D eigenvalue weighted by atomic mass is 10.2. The summed E-state index contributed by atoms with van der Waals surface area (Å²) >= 11 is 0. The van der Waals surface area contributed by atoms with Crippen LogP contribution in [0.4, 0.5) is 5.69 Å². The fourth-order valence-corrected chi connectivity index (χ4v) is 5.70. The lowest BCUT2D eigenvalue weighted by Gasteiger charge is -2.37. The number of hydrogen-bond donors (Lipinski definition) is 1. The van der Waals surface area contributed by atoms with E-state index in [2.05, 4.69) is 16.7 Å². The van der Waals surface area contributed by atoms with Crippen LogP contribution in [-0.4, -0.2) is 86.0 Å². The molecule has 0 radical (unpaired) electrons. The minimum Gasteiger partial charge on any atom is -0.508 e. The van der Waals surface area contributed by atoms with Gasteiger partial charge in [-0.25, -0.2) is 8.42 Å². The fourth-order valence-electron chi connectivity index (χ4n) is 3.97. The van der Waals surface area contributed by atoms with E-state index in [1.54, 1.807) is 12.1 Å². The maximum Gasteiger partial charge on any atom is 0.237 e. The number of piperazine rings is 1. The molecule has 7 nitrogen and oxygen atoms in total. The molecule has 2 saturated heterocycles. The third kappa shape index (κ3) is 5.38. The van der Waals surface area contributed by atoms with Crippen LogP contribution >= 0.6 is 0 Å². The van der Waals surface area contributed by atoms with Crippen LogP contribution < -0.4 is 4.90 Å². The molecule has 0 aliphatic carbocycles. The molecule has 2 fully saturated rings. The van der Waals surface area contributed by atoms with Crippen LogP contribution in [0.25, 0.3) is 0 Å². The largest absolute Gasteiger partial charge is 0.508 e. The number of carbonyl (C=O) groups excluding carboxylic acids is 1. The Morgan fingerprint density at radius 1 is 1.18 bits per heavy atom. The van der Waals surface area contributed by atoms with E-state index in [-0.39, 0.29) is 29.2 Å². The minimum atomic E-state index is -3.01. The Labute approximate surface area is 167 Å². The average Bonchev–Trinajstić information content (AvgIpc) is 3.03. The van der Waals surface area contributed by atoms with Gasteiger partial charge in [0, 0.05) is 44.5 Å². The van der Waals surface area contributed by atoms with Crippen LogP contribution in [-0.2, 0) is 14.6 Å². The Morgan fingerprint density at radius 2 is 1.86 bits per heavy atom. The first kappa shape index (κ1) is 20.9. The van der Waals surface area contributed by atoms with Crippen molar-refractivity contribution in [1.29, 1.82) is 0 Å². The molecule has 1 aromatic carbocycles. The second kappa shape index (κ2) is 9.13. The van der Waals surface area contributed by atoms with Gasteiger partial charge in [0.1, 0.15) is 5.75 Å². The molecule has 0 spiro atoms. The number of phenolic OH excluding ortho intramolecular Hbond substituents is 1. The average molecular weight is 410 g/mol. The van der Waals surface area contributed by atoms with Gasteiger partial charge in [-0.2, -0.15) is 0 Å². The van der Waals surface area contributed by atoms with Gasteiger partial charge in [-0.1, -0.05) is 13.3 Å². The SMILES string of the molecule is CCCCN(C(=O)CN1CCN(c2ccc(O)cc2)CC1)[C@@H]1CCS(=O)(=O)C1. The number of benzene rings is 1. The van der Waals surface area contributed by atoms with Crippen LogP contribution in [0.2, 0.25) is 0 Å². The molecular formula is C20H31N3O4S. The van der Waals surface area contributed by atoms with Crippen molar-refractivity contribution in [3.63, 3.8) is 0 Å². The molecule has 1 N–H and O–H groups in total. The number of phenols is 1. The topological polar surface area (TPSA) is 81.2 Å². The molecule has 28 heavy (non-hydrogen) atoms. The van der Waals surface area contributed by atoms with Crippen molar-refractivity contribution in [2.24, 2.45) is 0 Å². The highest BCUT2D eigenvalue weighted by Crippen LogP contribution is 2.21. The lowest BCUT2D eigenvalue weighted by Crippen LogP contribution is -2.52. The Morgan fingerprint density at radius 3 is 2.43 bits per heavy atom. The van der Waals surface area contributed by atoms with Crippen molar-refractivity contribution in [1.82, 2.24) is 9.80 Å². The second-order valence-electron chi connectivity index (χ2n) is 7.78. The highest BCUT2D eigenvalue weighted by Gasteiger charge is 2.35. The standard InChI is InChI=1S/C20H31N3O4S/c1-2-3-9-23(18-8-14-28(26,27)16-18)20(25)15-21-10-12-22(13-11-21)17-4-6-19(24)7-5-17/h4-7,18,24H,2-3,8-16H2,1H3/t18-/m1/s1. The number of carbonyl (C=O) groups is 1. The van der Waals surface area contributed by atoms with Crippen molar-refractivity contribution in [2.45, 2.75) is 32.2 Å². The normalized spacial score (nSPS) is 22.3. The van der Waals surface area contributed by atoms with Crippen LogP contribution in [0.1, 0.15) is 26.2 Å². The molecule has 8 heteroatoms. The van der Waals surface area contributed by atoms with Gasteiger partial charge in [-0.05, 0) is 37.1 Å². The van der Waals surface area contributed by atoms with E-state index < -0.39 is 9.84 Å². The van der Waals surface area contributed by atoms with E-state index in [9.17, 15) is 18.3 Å². The van der Waals surface area contributed by atoms with E-state index in [0.29, 0.717) is 19.5 Å². The zero-order valence-corrected chi connectivity index (χ0v) is 17.4. The zero-order valence-electron chi connectivity index (χ0n) is 16.6. The molecule has 1 atom stereocenters.